The molecule has 0 radical (unpaired) electrons. The van der Waals surface area contributed by atoms with E-state index in [0.29, 0.717) is 16.9 Å². The summed E-state index contributed by atoms with van der Waals surface area (Å²) < 4.78 is 2.18. The van der Waals surface area contributed by atoms with Crippen molar-refractivity contribution in [3.8, 4) is 5.88 Å². The normalized spacial score (nSPS) is 11.2. The maximum Gasteiger partial charge on any atom is 0.303 e. The van der Waals surface area contributed by atoms with Crippen molar-refractivity contribution in [3.05, 3.63) is 14.9 Å². The molecule has 0 saturated carbocycles. The Hall–Kier alpha value is -1.14. The summed E-state index contributed by atoms with van der Waals surface area (Å²) in [5, 5.41) is 18.6. The van der Waals surface area contributed by atoms with Gasteiger partial charge in [0.1, 0.15) is 0 Å². The van der Waals surface area contributed by atoms with Gasteiger partial charge in [-0.2, -0.15) is 0 Å². The number of unbranched alkanes of at least 4 members (excludes halogenated alkanes) is 2. The minimum atomic E-state index is -0.832. The number of aromatic hydroxyl groups is 1. The topological polar surface area (TPSA) is 62.5 Å². The Balaban J connectivity index is 2.68. The van der Waals surface area contributed by atoms with Crippen LogP contribution in [0.2, 0.25) is 0 Å². The van der Waals surface area contributed by atoms with E-state index in [1.54, 1.807) is 4.57 Å². The average Bonchev–Trinajstić information content (AvgIpc) is 2.62. The third-order valence-corrected chi connectivity index (χ3v) is 4.06. The highest BCUT2D eigenvalue weighted by atomic mass is 32.1. The molecule has 0 fully saturated rings. The molecule has 0 unspecified atom stereocenters. The molecule has 0 atom stereocenters. The van der Waals surface area contributed by atoms with Crippen LogP contribution in [-0.4, -0.2) is 20.7 Å². The lowest BCUT2D eigenvalue weighted by molar-refractivity contribution is -0.137. The fourth-order valence-corrected chi connectivity index (χ4v) is 2.91. The Morgan fingerprint density at radius 1 is 1.47 bits per heavy atom. The van der Waals surface area contributed by atoms with Gasteiger partial charge in [0, 0.05) is 13.0 Å². The van der Waals surface area contributed by atoms with Gasteiger partial charge < -0.3 is 10.2 Å². The number of aliphatic carboxylic acids is 1. The molecular formula is C13H19NO3S2. The van der Waals surface area contributed by atoms with E-state index in [2.05, 4.69) is 6.92 Å². The molecule has 1 heterocycles. The summed E-state index contributed by atoms with van der Waals surface area (Å²) in [5.41, 5.74) is 0. The first-order valence-corrected chi connectivity index (χ1v) is 7.59. The highest BCUT2D eigenvalue weighted by Crippen LogP contribution is 2.28. The summed E-state index contributed by atoms with van der Waals surface area (Å²) in [7, 11) is 0. The second-order valence-electron chi connectivity index (χ2n) is 4.25. The van der Waals surface area contributed by atoms with Crippen LogP contribution in [0, 0.1) is 3.95 Å². The van der Waals surface area contributed by atoms with Gasteiger partial charge in [-0.25, -0.2) is 0 Å². The van der Waals surface area contributed by atoms with Crippen LogP contribution in [0.4, 0.5) is 0 Å². The fraction of sp³-hybridized carbons (Fsp3) is 0.538. The van der Waals surface area contributed by atoms with E-state index in [4.69, 9.17) is 17.3 Å². The molecule has 4 nitrogen and oxygen atoms in total. The Kier molecular flexibility index (Phi) is 6.80. The number of carbonyl (C=O) groups is 1. The fourth-order valence-electron chi connectivity index (χ4n) is 1.62. The van der Waals surface area contributed by atoms with E-state index in [0.717, 1.165) is 24.1 Å². The molecule has 106 valence electrons. The lowest BCUT2D eigenvalue weighted by Crippen LogP contribution is -2.01. The summed E-state index contributed by atoms with van der Waals surface area (Å²) in [6, 6.07) is 0. The molecule has 0 saturated heterocycles. The minimum Gasteiger partial charge on any atom is -0.493 e. The van der Waals surface area contributed by atoms with Crippen molar-refractivity contribution in [2.45, 2.75) is 45.6 Å². The number of rotatable bonds is 8. The largest absolute Gasteiger partial charge is 0.493 e. The van der Waals surface area contributed by atoms with Gasteiger partial charge >= 0.3 is 5.97 Å². The first-order chi connectivity index (χ1) is 9.06. The van der Waals surface area contributed by atoms with Crippen molar-refractivity contribution in [3.63, 3.8) is 0 Å². The second-order valence-corrected chi connectivity index (χ2v) is 5.93. The van der Waals surface area contributed by atoms with Crippen LogP contribution in [-0.2, 0) is 11.3 Å². The third-order valence-electron chi connectivity index (χ3n) is 2.66. The lowest BCUT2D eigenvalue weighted by Gasteiger charge is -2.02. The molecule has 1 rings (SSSR count). The molecular weight excluding hydrogens is 282 g/mol. The highest BCUT2D eigenvalue weighted by Gasteiger charge is 2.09. The molecule has 19 heavy (non-hydrogen) atoms. The van der Waals surface area contributed by atoms with Gasteiger partial charge in [-0.3, -0.25) is 9.36 Å². The molecule has 0 spiro atoms. The number of hydrogen-bond donors (Lipinski definition) is 2. The minimum absolute atomic E-state index is 0.0821. The zero-order valence-electron chi connectivity index (χ0n) is 11.0. The van der Waals surface area contributed by atoms with Crippen LogP contribution in [0.25, 0.3) is 6.08 Å². The Labute approximate surface area is 122 Å². The SMILES string of the molecule is CCCCC=Cc1sc(=S)n(CCCC(=O)O)c1O. The zero-order valence-corrected chi connectivity index (χ0v) is 12.6. The van der Waals surface area contributed by atoms with Gasteiger partial charge in [0.25, 0.3) is 0 Å². The summed E-state index contributed by atoms with van der Waals surface area (Å²) in [6.45, 7) is 2.57. The zero-order chi connectivity index (χ0) is 14.3. The maximum absolute atomic E-state index is 10.5. The predicted molar refractivity (Wildman–Crippen MR) is 80.2 cm³/mol. The molecule has 0 bridgehead atoms. The molecule has 1 aromatic rings. The number of hydrogen-bond acceptors (Lipinski definition) is 4. The van der Waals surface area contributed by atoms with Gasteiger partial charge in [-0.05, 0) is 31.1 Å². The summed E-state index contributed by atoms with van der Waals surface area (Å²) in [5.74, 6) is -0.686. The standard InChI is InChI=1S/C13H19NO3S2/c1-2-3-4-5-7-10-12(17)14(13(18)19-10)9-6-8-11(15)16/h5,7,17H,2-4,6,8-9H2,1H3,(H,15,16). The predicted octanol–water partition coefficient (Wildman–Crippen LogP) is 4.05. The quantitative estimate of drug-likeness (QED) is 0.561. The first-order valence-electron chi connectivity index (χ1n) is 6.37. The van der Waals surface area contributed by atoms with Gasteiger partial charge in [0.05, 0.1) is 4.88 Å². The van der Waals surface area contributed by atoms with Crippen molar-refractivity contribution in [1.82, 2.24) is 4.57 Å². The number of nitrogens with zero attached hydrogens (tertiary/aromatic N) is 1. The van der Waals surface area contributed by atoms with Crippen molar-refractivity contribution < 1.29 is 15.0 Å². The molecule has 0 aliphatic rings. The lowest BCUT2D eigenvalue weighted by atomic mass is 10.2. The van der Waals surface area contributed by atoms with E-state index >= 15 is 0 Å². The Morgan fingerprint density at radius 3 is 2.84 bits per heavy atom. The molecule has 0 aliphatic heterocycles. The molecule has 0 aromatic carbocycles. The van der Waals surface area contributed by atoms with Gasteiger partial charge in [-0.15, -0.1) is 11.3 Å². The molecule has 6 heteroatoms. The number of carboxylic acid groups (broad SMARTS) is 1. The van der Waals surface area contributed by atoms with Crippen LogP contribution in [0.5, 0.6) is 5.88 Å². The van der Waals surface area contributed by atoms with E-state index < -0.39 is 5.97 Å². The van der Waals surface area contributed by atoms with Crippen molar-refractivity contribution >= 4 is 35.6 Å². The van der Waals surface area contributed by atoms with Crippen LogP contribution < -0.4 is 0 Å². The third kappa shape index (κ3) is 5.16. The second kappa shape index (κ2) is 8.12. The van der Waals surface area contributed by atoms with Gasteiger partial charge in [0.15, 0.2) is 3.95 Å². The smallest absolute Gasteiger partial charge is 0.303 e. The van der Waals surface area contributed by atoms with Gasteiger partial charge in [-0.1, -0.05) is 25.8 Å². The van der Waals surface area contributed by atoms with Gasteiger partial charge in [0.2, 0.25) is 5.88 Å². The average molecular weight is 301 g/mol. The maximum atomic E-state index is 10.5. The van der Waals surface area contributed by atoms with Crippen molar-refractivity contribution in [1.29, 1.82) is 0 Å². The number of carboxylic acids is 1. The van der Waals surface area contributed by atoms with Crippen molar-refractivity contribution in [2.75, 3.05) is 0 Å². The van der Waals surface area contributed by atoms with Crippen molar-refractivity contribution in [2.24, 2.45) is 0 Å². The summed E-state index contributed by atoms with van der Waals surface area (Å²) in [4.78, 5) is 11.2. The van der Waals surface area contributed by atoms with Crippen LogP contribution >= 0.6 is 23.6 Å². The number of allylic oxidation sites excluding steroid dienone is 1. The van der Waals surface area contributed by atoms with E-state index in [9.17, 15) is 9.90 Å². The van der Waals surface area contributed by atoms with E-state index in [1.165, 1.54) is 11.3 Å². The molecule has 0 amide bonds. The van der Waals surface area contributed by atoms with E-state index in [-0.39, 0.29) is 12.3 Å². The number of thiazole rings is 1. The van der Waals surface area contributed by atoms with Crippen LogP contribution in [0.3, 0.4) is 0 Å². The molecule has 2 N–H and O–H groups in total. The molecule has 0 aliphatic carbocycles. The Bertz CT molecular complexity index is 502. The van der Waals surface area contributed by atoms with Crippen LogP contribution in [0.1, 0.15) is 43.9 Å². The summed E-state index contributed by atoms with van der Waals surface area (Å²) >= 11 is 6.53. The first kappa shape index (κ1) is 15.9. The molecule has 1 aromatic heterocycles. The Morgan fingerprint density at radius 2 is 2.21 bits per heavy atom. The highest BCUT2D eigenvalue weighted by molar-refractivity contribution is 7.73. The van der Waals surface area contributed by atoms with Crippen LogP contribution in [0.15, 0.2) is 6.08 Å². The summed E-state index contributed by atoms with van der Waals surface area (Å²) in [6.07, 6.45) is 7.72. The monoisotopic (exact) mass is 301 g/mol. The van der Waals surface area contributed by atoms with E-state index in [1.807, 2.05) is 12.2 Å². The number of aromatic nitrogens is 1.